The van der Waals surface area contributed by atoms with E-state index in [1.165, 1.54) is 0 Å². The summed E-state index contributed by atoms with van der Waals surface area (Å²) in [5.74, 6) is -1.48. The third kappa shape index (κ3) is 4.93. The molecular formula is C27H32N2O5. The van der Waals surface area contributed by atoms with Crippen molar-refractivity contribution in [3.8, 4) is 11.1 Å². The van der Waals surface area contributed by atoms with Gasteiger partial charge >= 0.3 is 12.1 Å². The predicted octanol–water partition coefficient (Wildman–Crippen LogP) is 4.31. The van der Waals surface area contributed by atoms with Crippen LogP contribution < -0.4 is 10.6 Å². The second kappa shape index (κ2) is 9.49. The van der Waals surface area contributed by atoms with Crippen LogP contribution in [0.5, 0.6) is 0 Å². The first-order chi connectivity index (χ1) is 16.2. The van der Waals surface area contributed by atoms with Gasteiger partial charge in [0.25, 0.3) is 0 Å². The van der Waals surface area contributed by atoms with Crippen LogP contribution in [0, 0.1) is 11.8 Å². The van der Waals surface area contributed by atoms with Crippen molar-refractivity contribution in [1.29, 1.82) is 0 Å². The third-order valence-corrected chi connectivity index (χ3v) is 6.97. The minimum absolute atomic E-state index is 0.0711. The molecule has 7 heteroatoms. The molecule has 0 aliphatic heterocycles. The van der Waals surface area contributed by atoms with Crippen molar-refractivity contribution in [2.45, 2.75) is 57.5 Å². The number of ether oxygens (including phenoxy) is 1. The van der Waals surface area contributed by atoms with E-state index in [1.807, 2.05) is 50.2 Å². The molecule has 0 heterocycles. The molecule has 2 atom stereocenters. The average Bonchev–Trinajstić information content (AvgIpc) is 3.59. The van der Waals surface area contributed by atoms with Gasteiger partial charge in [-0.05, 0) is 53.9 Å². The van der Waals surface area contributed by atoms with Crippen molar-refractivity contribution in [2.75, 3.05) is 6.61 Å². The summed E-state index contributed by atoms with van der Waals surface area (Å²) in [7, 11) is 0. The molecule has 1 fully saturated rings. The van der Waals surface area contributed by atoms with E-state index in [4.69, 9.17) is 4.74 Å². The Morgan fingerprint density at radius 1 is 1.03 bits per heavy atom. The van der Waals surface area contributed by atoms with Gasteiger partial charge in [0.2, 0.25) is 5.91 Å². The van der Waals surface area contributed by atoms with E-state index in [0.29, 0.717) is 0 Å². The molecule has 34 heavy (non-hydrogen) atoms. The van der Waals surface area contributed by atoms with Crippen molar-refractivity contribution >= 4 is 18.0 Å². The Morgan fingerprint density at radius 2 is 1.59 bits per heavy atom. The highest BCUT2D eigenvalue weighted by molar-refractivity contribution is 5.87. The van der Waals surface area contributed by atoms with Gasteiger partial charge in [-0.15, -0.1) is 0 Å². The lowest BCUT2D eigenvalue weighted by molar-refractivity contribution is -0.139. The molecule has 1 saturated carbocycles. The van der Waals surface area contributed by atoms with Crippen molar-refractivity contribution in [3.05, 3.63) is 59.7 Å². The maximum absolute atomic E-state index is 13.1. The highest BCUT2D eigenvalue weighted by Gasteiger charge is 2.45. The number of aliphatic carboxylic acids is 1. The van der Waals surface area contributed by atoms with E-state index < -0.39 is 23.6 Å². The first-order valence-electron chi connectivity index (χ1n) is 11.8. The minimum atomic E-state index is -0.958. The van der Waals surface area contributed by atoms with Crippen LogP contribution in [0.2, 0.25) is 0 Å². The fourth-order valence-corrected chi connectivity index (χ4v) is 4.99. The van der Waals surface area contributed by atoms with Crippen molar-refractivity contribution in [2.24, 2.45) is 11.8 Å². The normalized spacial score (nSPS) is 17.3. The molecule has 2 aromatic carbocycles. The van der Waals surface area contributed by atoms with E-state index in [9.17, 15) is 19.5 Å². The zero-order valence-electron chi connectivity index (χ0n) is 19.8. The molecule has 2 aromatic rings. The maximum atomic E-state index is 13.1. The Morgan fingerprint density at radius 3 is 2.09 bits per heavy atom. The largest absolute Gasteiger partial charge is 0.481 e. The summed E-state index contributed by atoms with van der Waals surface area (Å²) in [5, 5.41) is 14.9. The van der Waals surface area contributed by atoms with E-state index in [-0.39, 0.29) is 36.7 Å². The Hall–Kier alpha value is -3.35. The lowest BCUT2D eigenvalue weighted by atomic mass is 9.90. The quantitative estimate of drug-likeness (QED) is 0.513. The lowest BCUT2D eigenvalue weighted by Gasteiger charge is -2.32. The molecule has 0 saturated heterocycles. The molecular weight excluding hydrogens is 432 g/mol. The smallest absolute Gasteiger partial charge is 0.407 e. The number of hydrogen-bond donors (Lipinski definition) is 3. The summed E-state index contributed by atoms with van der Waals surface area (Å²) in [6, 6.07) is 15.4. The number of carbonyl (C=O) groups is 3. The highest BCUT2D eigenvalue weighted by atomic mass is 16.5. The maximum Gasteiger partial charge on any atom is 0.407 e. The molecule has 3 N–H and O–H groups in total. The predicted molar refractivity (Wildman–Crippen MR) is 128 cm³/mol. The molecule has 1 unspecified atom stereocenters. The van der Waals surface area contributed by atoms with Crippen LogP contribution in [0.3, 0.4) is 0 Å². The number of carboxylic acid groups (broad SMARTS) is 1. The first kappa shape index (κ1) is 23.8. The summed E-state index contributed by atoms with van der Waals surface area (Å²) in [4.78, 5) is 37.1. The topological polar surface area (TPSA) is 105 Å². The molecule has 0 aromatic heterocycles. The second-order valence-electron chi connectivity index (χ2n) is 9.94. The highest BCUT2D eigenvalue weighted by Crippen LogP contribution is 2.44. The van der Waals surface area contributed by atoms with Crippen LogP contribution in [-0.4, -0.2) is 41.3 Å². The summed E-state index contributed by atoms with van der Waals surface area (Å²) in [5.41, 5.74) is 3.68. The van der Waals surface area contributed by atoms with Gasteiger partial charge in [-0.2, -0.15) is 0 Å². The standard InChI is InChI=1S/C27H32N2O5/c1-16(2)24(25(32)29-27(3,14-23(30)31)17-12-13-17)28-26(33)34-15-22-20-10-6-4-8-18(20)19-9-5-7-11-21(19)22/h4-11,16-17,22,24H,12-15H2,1-3H3,(H,28,33)(H,29,32)(H,30,31)/t24-,27?/m0/s1. The number of hydrogen-bond acceptors (Lipinski definition) is 4. The number of benzene rings is 2. The molecule has 0 radical (unpaired) electrons. The Bertz CT molecular complexity index is 1050. The fourth-order valence-electron chi connectivity index (χ4n) is 4.99. The molecule has 2 amide bonds. The van der Waals surface area contributed by atoms with E-state index >= 15 is 0 Å². The molecule has 2 aliphatic carbocycles. The monoisotopic (exact) mass is 464 g/mol. The van der Waals surface area contributed by atoms with Crippen LogP contribution in [0.25, 0.3) is 11.1 Å². The SMILES string of the molecule is CC(C)[C@H](NC(=O)OCC1c2ccccc2-c2ccccc21)C(=O)NC(C)(CC(=O)O)C1CC1. The first-order valence-corrected chi connectivity index (χ1v) is 11.8. The summed E-state index contributed by atoms with van der Waals surface area (Å²) >= 11 is 0. The molecule has 7 nitrogen and oxygen atoms in total. The summed E-state index contributed by atoms with van der Waals surface area (Å²) < 4.78 is 5.60. The summed E-state index contributed by atoms with van der Waals surface area (Å²) in [6.45, 7) is 5.59. The molecule has 4 rings (SSSR count). The molecule has 180 valence electrons. The summed E-state index contributed by atoms with van der Waals surface area (Å²) in [6.07, 6.45) is 0.952. The van der Waals surface area contributed by atoms with Crippen LogP contribution >= 0.6 is 0 Å². The molecule has 0 bridgehead atoms. The third-order valence-electron chi connectivity index (χ3n) is 6.97. The van der Waals surface area contributed by atoms with Crippen LogP contribution in [0.15, 0.2) is 48.5 Å². The van der Waals surface area contributed by atoms with Gasteiger partial charge in [0.1, 0.15) is 12.6 Å². The van der Waals surface area contributed by atoms with Gasteiger partial charge in [-0.25, -0.2) is 4.79 Å². The van der Waals surface area contributed by atoms with Gasteiger partial charge in [0.05, 0.1) is 12.0 Å². The van der Waals surface area contributed by atoms with Crippen molar-refractivity contribution < 1.29 is 24.2 Å². The fraction of sp³-hybridized carbons (Fsp3) is 0.444. The Balaban J connectivity index is 1.41. The molecule has 0 spiro atoms. The van der Waals surface area contributed by atoms with E-state index in [0.717, 1.165) is 35.1 Å². The van der Waals surface area contributed by atoms with Gasteiger partial charge in [-0.1, -0.05) is 62.4 Å². The zero-order valence-corrected chi connectivity index (χ0v) is 19.8. The minimum Gasteiger partial charge on any atom is -0.481 e. The zero-order chi connectivity index (χ0) is 24.5. The molecule has 2 aliphatic rings. The second-order valence-corrected chi connectivity index (χ2v) is 9.94. The number of carbonyl (C=O) groups excluding carboxylic acids is 2. The van der Waals surface area contributed by atoms with Gasteiger partial charge < -0.3 is 20.5 Å². The number of fused-ring (bicyclic) bond motifs is 3. The lowest BCUT2D eigenvalue weighted by Crippen LogP contribution is -2.57. The van der Waals surface area contributed by atoms with Gasteiger partial charge in [0.15, 0.2) is 0 Å². The Kier molecular flexibility index (Phi) is 6.64. The van der Waals surface area contributed by atoms with Crippen molar-refractivity contribution in [3.63, 3.8) is 0 Å². The number of alkyl carbamates (subject to hydrolysis) is 1. The van der Waals surface area contributed by atoms with Gasteiger partial charge in [0, 0.05) is 5.92 Å². The van der Waals surface area contributed by atoms with Gasteiger partial charge in [-0.3, -0.25) is 9.59 Å². The van der Waals surface area contributed by atoms with E-state index in [1.54, 1.807) is 6.92 Å². The van der Waals surface area contributed by atoms with Crippen molar-refractivity contribution in [1.82, 2.24) is 10.6 Å². The van der Waals surface area contributed by atoms with Crippen LogP contribution in [0.1, 0.15) is 57.1 Å². The number of rotatable bonds is 9. The number of amides is 2. The van der Waals surface area contributed by atoms with E-state index in [2.05, 4.69) is 22.8 Å². The number of carboxylic acids is 1. The number of nitrogens with one attached hydrogen (secondary N) is 2. The van der Waals surface area contributed by atoms with Crippen LogP contribution in [-0.2, 0) is 14.3 Å². The van der Waals surface area contributed by atoms with Crippen LogP contribution in [0.4, 0.5) is 4.79 Å². The Labute approximate surface area is 199 Å². The average molecular weight is 465 g/mol.